The van der Waals surface area contributed by atoms with Gasteiger partial charge in [0.05, 0.1) is 18.8 Å². The van der Waals surface area contributed by atoms with Crippen LogP contribution in [0.15, 0.2) is 24.3 Å². The van der Waals surface area contributed by atoms with Crippen molar-refractivity contribution in [3.63, 3.8) is 0 Å². The minimum Gasteiger partial charge on any atom is -0.494 e. The molecule has 14 heavy (non-hydrogen) atoms. The van der Waals surface area contributed by atoms with Crippen LogP contribution in [0, 0.1) is 0 Å². The fraction of sp³-hybridized carbons (Fsp3) is 0.455. The predicted octanol–water partition coefficient (Wildman–Crippen LogP) is 1.47. The van der Waals surface area contributed by atoms with Gasteiger partial charge in [0.25, 0.3) is 0 Å². The first-order valence-electron chi connectivity index (χ1n) is 4.82. The van der Waals surface area contributed by atoms with Crippen LogP contribution in [0.2, 0.25) is 0 Å². The zero-order valence-corrected chi connectivity index (χ0v) is 8.60. The molecule has 1 aromatic carbocycles. The van der Waals surface area contributed by atoms with Gasteiger partial charge in [-0.3, -0.25) is 0 Å². The van der Waals surface area contributed by atoms with Gasteiger partial charge in [-0.25, -0.2) is 0 Å². The third kappa shape index (κ3) is 2.47. The number of aliphatic hydroxyl groups excluding tert-OH is 1. The Kier molecular flexibility index (Phi) is 3.92. The minimum atomic E-state index is -0.573. The molecule has 0 amide bonds. The number of aliphatic hydroxyl groups is 1. The summed E-state index contributed by atoms with van der Waals surface area (Å²) in [5.74, 6) is 0.753. The van der Waals surface area contributed by atoms with E-state index in [0.29, 0.717) is 6.61 Å². The first kappa shape index (κ1) is 11.0. The Balaban J connectivity index is 2.94. The summed E-state index contributed by atoms with van der Waals surface area (Å²) in [7, 11) is 0. The Hall–Kier alpha value is -1.06. The molecule has 0 aliphatic carbocycles. The van der Waals surface area contributed by atoms with Crippen LogP contribution in [0.25, 0.3) is 0 Å². The largest absolute Gasteiger partial charge is 0.494 e. The van der Waals surface area contributed by atoms with Gasteiger partial charge in [-0.1, -0.05) is 18.2 Å². The summed E-state index contributed by atoms with van der Waals surface area (Å²) in [4.78, 5) is 0. The van der Waals surface area contributed by atoms with Crippen molar-refractivity contribution in [1.29, 1.82) is 0 Å². The van der Waals surface area contributed by atoms with E-state index in [1.54, 1.807) is 6.92 Å². The maximum absolute atomic E-state index is 9.39. The van der Waals surface area contributed by atoms with Crippen molar-refractivity contribution in [3.05, 3.63) is 29.8 Å². The maximum Gasteiger partial charge on any atom is 0.124 e. The SMILES string of the molecule is CCOc1ccccc1[C@H](N)[C@@H](C)O. The highest BCUT2D eigenvalue weighted by molar-refractivity contribution is 5.36. The second kappa shape index (κ2) is 4.98. The molecule has 0 aromatic heterocycles. The van der Waals surface area contributed by atoms with Gasteiger partial charge >= 0.3 is 0 Å². The van der Waals surface area contributed by atoms with E-state index in [2.05, 4.69) is 0 Å². The lowest BCUT2D eigenvalue weighted by Crippen LogP contribution is -2.23. The van der Waals surface area contributed by atoms with E-state index in [1.807, 2.05) is 31.2 Å². The van der Waals surface area contributed by atoms with Crippen molar-refractivity contribution >= 4 is 0 Å². The number of rotatable bonds is 4. The molecule has 2 atom stereocenters. The van der Waals surface area contributed by atoms with E-state index in [1.165, 1.54) is 0 Å². The molecule has 3 nitrogen and oxygen atoms in total. The Bertz CT molecular complexity index is 286. The van der Waals surface area contributed by atoms with Gasteiger partial charge in [-0.2, -0.15) is 0 Å². The Morgan fingerprint density at radius 3 is 2.64 bits per heavy atom. The molecule has 0 radical (unpaired) electrons. The molecule has 0 saturated heterocycles. The molecule has 0 heterocycles. The average molecular weight is 195 g/mol. The van der Waals surface area contributed by atoms with Gasteiger partial charge < -0.3 is 15.6 Å². The zero-order chi connectivity index (χ0) is 10.6. The Morgan fingerprint density at radius 2 is 2.07 bits per heavy atom. The van der Waals surface area contributed by atoms with E-state index >= 15 is 0 Å². The summed E-state index contributed by atoms with van der Waals surface area (Å²) < 4.78 is 5.42. The quantitative estimate of drug-likeness (QED) is 0.764. The van der Waals surface area contributed by atoms with Crippen LogP contribution in [0.5, 0.6) is 5.75 Å². The normalized spacial score (nSPS) is 14.9. The van der Waals surface area contributed by atoms with Crippen molar-refractivity contribution in [2.75, 3.05) is 6.61 Å². The fourth-order valence-corrected chi connectivity index (χ4v) is 1.30. The van der Waals surface area contributed by atoms with E-state index in [0.717, 1.165) is 11.3 Å². The molecule has 0 bridgehead atoms. The van der Waals surface area contributed by atoms with Crippen LogP contribution in [0.3, 0.4) is 0 Å². The Morgan fingerprint density at radius 1 is 1.43 bits per heavy atom. The second-order valence-electron chi connectivity index (χ2n) is 3.24. The third-order valence-corrected chi connectivity index (χ3v) is 2.10. The smallest absolute Gasteiger partial charge is 0.124 e. The topological polar surface area (TPSA) is 55.5 Å². The molecule has 78 valence electrons. The third-order valence-electron chi connectivity index (χ3n) is 2.10. The summed E-state index contributed by atoms with van der Waals surface area (Å²) in [5, 5.41) is 9.39. The van der Waals surface area contributed by atoms with Gasteiger partial charge in [-0.15, -0.1) is 0 Å². The molecular formula is C11H17NO2. The molecule has 3 heteroatoms. The number of nitrogens with two attached hydrogens (primary N) is 1. The number of para-hydroxylation sites is 1. The van der Waals surface area contributed by atoms with Crippen LogP contribution in [-0.4, -0.2) is 17.8 Å². The molecule has 0 aliphatic heterocycles. The fourth-order valence-electron chi connectivity index (χ4n) is 1.30. The van der Waals surface area contributed by atoms with Crippen molar-refractivity contribution in [3.8, 4) is 5.75 Å². The average Bonchev–Trinajstić information content (AvgIpc) is 2.18. The van der Waals surface area contributed by atoms with Crippen LogP contribution >= 0.6 is 0 Å². The first-order valence-corrected chi connectivity index (χ1v) is 4.82. The Labute approximate surface area is 84.5 Å². The van der Waals surface area contributed by atoms with Crippen molar-refractivity contribution in [1.82, 2.24) is 0 Å². The number of ether oxygens (including phenoxy) is 1. The van der Waals surface area contributed by atoms with Gasteiger partial charge in [0, 0.05) is 5.56 Å². The summed E-state index contributed by atoms with van der Waals surface area (Å²) in [6.07, 6.45) is -0.573. The maximum atomic E-state index is 9.39. The predicted molar refractivity (Wildman–Crippen MR) is 56.2 cm³/mol. The molecule has 1 aromatic rings. The molecule has 0 saturated carbocycles. The summed E-state index contributed by atoms with van der Waals surface area (Å²) in [6, 6.07) is 7.13. The lowest BCUT2D eigenvalue weighted by molar-refractivity contribution is 0.162. The molecule has 3 N–H and O–H groups in total. The van der Waals surface area contributed by atoms with Gasteiger partial charge in [0.15, 0.2) is 0 Å². The first-order chi connectivity index (χ1) is 6.66. The van der Waals surface area contributed by atoms with Crippen molar-refractivity contribution < 1.29 is 9.84 Å². The van der Waals surface area contributed by atoms with Crippen LogP contribution < -0.4 is 10.5 Å². The van der Waals surface area contributed by atoms with Crippen LogP contribution in [0.4, 0.5) is 0 Å². The molecular weight excluding hydrogens is 178 g/mol. The van der Waals surface area contributed by atoms with Crippen molar-refractivity contribution in [2.24, 2.45) is 5.73 Å². The lowest BCUT2D eigenvalue weighted by Gasteiger charge is -2.18. The van der Waals surface area contributed by atoms with E-state index in [4.69, 9.17) is 10.5 Å². The molecule has 0 fully saturated rings. The van der Waals surface area contributed by atoms with E-state index < -0.39 is 12.1 Å². The van der Waals surface area contributed by atoms with Crippen LogP contribution in [0.1, 0.15) is 25.5 Å². The second-order valence-corrected chi connectivity index (χ2v) is 3.24. The van der Waals surface area contributed by atoms with Gasteiger partial charge in [0.1, 0.15) is 5.75 Å². The molecule has 0 unspecified atom stereocenters. The van der Waals surface area contributed by atoms with E-state index in [9.17, 15) is 5.11 Å². The number of hydrogen-bond donors (Lipinski definition) is 2. The van der Waals surface area contributed by atoms with Crippen LogP contribution in [-0.2, 0) is 0 Å². The lowest BCUT2D eigenvalue weighted by atomic mass is 10.0. The highest BCUT2D eigenvalue weighted by Gasteiger charge is 2.15. The zero-order valence-electron chi connectivity index (χ0n) is 8.60. The monoisotopic (exact) mass is 195 g/mol. The van der Waals surface area contributed by atoms with Gasteiger partial charge in [0.2, 0.25) is 0 Å². The highest BCUT2D eigenvalue weighted by Crippen LogP contribution is 2.25. The van der Waals surface area contributed by atoms with Crippen molar-refractivity contribution in [2.45, 2.75) is 26.0 Å². The molecule has 0 aliphatic rings. The molecule has 1 rings (SSSR count). The highest BCUT2D eigenvalue weighted by atomic mass is 16.5. The van der Waals surface area contributed by atoms with Gasteiger partial charge in [-0.05, 0) is 19.9 Å². The number of benzene rings is 1. The number of hydrogen-bond acceptors (Lipinski definition) is 3. The summed E-state index contributed by atoms with van der Waals surface area (Å²) >= 11 is 0. The minimum absolute atomic E-state index is 0.391. The van der Waals surface area contributed by atoms with E-state index in [-0.39, 0.29) is 0 Å². The summed E-state index contributed by atoms with van der Waals surface area (Å²) in [6.45, 7) is 4.20. The standard InChI is InChI=1S/C11H17NO2/c1-3-14-10-7-5-4-6-9(10)11(12)8(2)13/h4-8,11,13H,3,12H2,1-2H3/t8-,11-/m1/s1. The molecule has 0 spiro atoms. The summed E-state index contributed by atoms with van der Waals surface area (Å²) in [5.41, 5.74) is 6.69.